The quantitative estimate of drug-likeness (QED) is 0.283. The maximum absolute atomic E-state index is 13.1. The number of halogens is 2. The van der Waals surface area contributed by atoms with Crippen LogP contribution >= 0.6 is 23.2 Å². The predicted molar refractivity (Wildman–Crippen MR) is 144 cm³/mol. The van der Waals surface area contributed by atoms with Gasteiger partial charge in [-0.05, 0) is 56.2 Å². The first-order chi connectivity index (χ1) is 16.8. The van der Waals surface area contributed by atoms with Gasteiger partial charge in [0.2, 0.25) is 10.0 Å². The Morgan fingerprint density at radius 2 is 1.63 bits per heavy atom. The molecule has 184 valence electrons. The Labute approximate surface area is 216 Å². The molecule has 9 heteroatoms. The molecule has 0 radical (unpaired) electrons. The molecule has 35 heavy (non-hydrogen) atoms. The fourth-order valence-electron chi connectivity index (χ4n) is 4.08. The lowest BCUT2D eigenvalue weighted by molar-refractivity contribution is 0.582. The first-order valence-corrected chi connectivity index (χ1v) is 13.8. The monoisotopic (exact) mass is 530 g/mol. The number of hydrogen-bond acceptors (Lipinski definition) is 4. The summed E-state index contributed by atoms with van der Waals surface area (Å²) in [6.45, 7) is 6.26. The van der Waals surface area contributed by atoms with Crippen LogP contribution in [0.1, 0.15) is 25.0 Å². The Morgan fingerprint density at radius 1 is 0.943 bits per heavy atom. The van der Waals surface area contributed by atoms with Crippen LogP contribution in [-0.4, -0.2) is 37.8 Å². The highest BCUT2D eigenvalue weighted by molar-refractivity contribution is 7.89. The predicted octanol–water partition coefficient (Wildman–Crippen LogP) is 5.76. The molecule has 1 heterocycles. The topological polar surface area (TPSA) is 67.2 Å². The lowest BCUT2D eigenvalue weighted by Crippen LogP contribution is -2.26. The summed E-state index contributed by atoms with van der Waals surface area (Å²) in [5.41, 5.74) is 2.66. The number of anilines is 1. The number of aromatic nitrogens is 2. The number of nitrogens with one attached hydrogen (secondary N) is 1. The molecule has 1 aromatic heterocycles. The number of sulfonamides is 1. The lowest BCUT2D eigenvalue weighted by Gasteiger charge is -2.18. The molecule has 1 N–H and O–H groups in total. The molecule has 0 atom stereocenters. The summed E-state index contributed by atoms with van der Waals surface area (Å²) >= 11 is 12.8. The van der Waals surface area contributed by atoms with E-state index in [-0.39, 0.29) is 4.90 Å². The zero-order valence-corrected chi connectivity index (χ0v) is 22.0. The van der Waals surface area contributed by atoms with Crippen LogP contribution in [0.2, 0.25) is 10.0 Å². The third kappa shape index (κ3) is 5.64. The van der Waals surface area contributed by atoms with Crippen molar-refractivity contribution in [2.45, 2.75) is 31.7 Å². The van der Waals surface area contributed by atoms with Crippen molar-refractivity contribution in [3.05, 3.63) is 87.9 Å². The molecule has 0 bridgehead atoms. The molecule has 4 rings (SSSR count). The minimum absolute atomic E-state index is 0.210. The molecule has 0 saturated carbocycles. The minimum Gasteiger partial charge on any atom is -0.355 e. The summed E-state index contributed by atoms with van der Waals surface area (Å²) in [4.78, 5) is 2.31. The second-order valence-electron chi connectivity index (χ2n) is 8.17. The Hall–Kier alpha value is -2.58. The largest absolute Gasteiger partial charge is 0.355 e. The molecule has 0 spiro atoms. The van der Waals surface area contributed by atoms with Crippen molar-refractivity contribution >= 4 is 49.9 Å². The van der Waals surface area contributed by atoms with E-state index in [4.69, 9.17) is 28.3 Å². The number of rotatable bonds is 10. The van der Waals surface area contributed by atoms with Crippen molar-refractivity contribution in [1.82, 2.24) is 14.5 Å². The van der Waals surface area contributed by atoms with E-state index in [1.54, 1.807) is 36.4 Å². The van der Waals surface area contributed by atoms with Crippen LogP contribution in [0.4, 0.5) is 5.82 Å². The molecule has 0 amide bonds. The lowest BCUT2D eigenvalue weighted by atomic mass is 10.2. The highest BCUT2D eigenvalue weighted by Crippen LogP contribution is 2.31. The van der Waals surface area contributed by atoms with E-state index in [9.17, 15) is 8.42 Å². The van der Waals surface area contributed by atoms with Gasteiger partial charge in [-0.3, -0.25) is 4.68 Å². The van der Waals surface area contributed by atoms with E-state index in [1.807, 2.05) is 48.9 Å². The first kappa shape index (κ1) is 25.5. The van der Waals surface area contributed by atoms with Crippen molar-refractivity contribution in [2.24, 2.45) is 0 Å². The maximum Gasteiger partial charge on any atom is 0.240 e. The molecule has 4 aromatic rings. The minimum atomic E-state index is -3.69. The van der Waals surface area contributed by atoms with Gasteiger partial charge in [-0.25, -0.2) is 13.1 Å². The SMILES string of the molecule is CCN(CC)c1nn(Cc2c(Cl)cccc2Cl)c2ccc(S(=O)(=O)NCCc3ccccc3)cc12. The van der Waals surface area contributed by atoms with E-state index in [2.05, 4.69) is 9.62 Å². The van der Waals surface area contributed by atoms with Crippen molar-refractivity contribution in [1.29, 1.82) is 0 Å². The molecule has 0 fully saturated rings. The smallest absolute Gasteiger partial charge is 0.240 e. The van der Waals surface area contributed by atoms with Gasteiger partial charge in [-0.2, -0.15) is 5.10 Å². The Kier molecular flexibility index (Phi) is 8.02. The summed E-state index contributed by atoms with van der Waals surface area (Å²) in [5.74, 6) is 0.731. The fourth-order valence-corrected chi connectivity index (χ4v) is 5.65. The van der Waals surface area contributed by atoms with E-state index >= 15 is 0 Å². The van der Waals surface area contributed by atoms with Gasteiger partial charge < -0.3 is 4.90 Å². The van der Waals surface area contributed by atoms with E-state index in [1.165, 1.54) is 0 Å². The molecule has 0 aliphatic carbocycles. The average Bonchev–Trinajstić information content (AvgIpc) is 3.20. The average molecular weight is 532 g/mol. The standard InChI is InChI=1S/C26H28Cl2N4O2S/c1-3-31(4-2)26-21-17-20(35(33,34)29-16-15-19-9-6-5-7-10-19)13-14-25(21)32(30-26)18-22-23(27)11-8-12-24(22)28/h5-14,17,29H,3-4,15-16,18H2,1-2H3. The van der Waals surface area contributed by atoms with Crippen LogP contribution in [0.5, 0.6) is 0 Å². The number of hydrogen-bond donors (Lipinski definition) is 1. The Bertz CT molecular complexity index is 1400. The Morgan fingerprint density at radius 3 is 2.29 bits per heavy atom. The van der Waals surface area contributed by atoms with Gasteiger partial charge in [-0.15, -0.1) is 0 Å². The second-order valence-corrected chi connectivity index (χ2v) is 10.7. The van der Waals surface area contributed by atoms with Gasteiger partial charge in [0.15, 0.2) is 5.82 Å². The molecular formula is C26H28Cl2N4O2S. The zero-order chi connectivity index (χ0) is 25.0. The van der Waals surface area contributed by atoms with Gasteiger partial charge in [0.1, 0.15) is 0 Å². The van der Waals surface area contributed by atoms with E-state index in [0.29, 0.717) is 29.6 Å². The van der Waals surface area contributed by atoms with Crippen molar-refractivity contribution in [3.8, 4) is 0 Å². The van der Waals surface area contributed by atoms with Gasteiger partial charge in [0, 0.05) is 40.6 Å². The van der Waals surface area contributed by atoms with Crippen LogP contribution in [0, 0.1) is 0 Å². The molecule has 0 aliphatic rings. The second kappa shape index (κ2) is 11.0. The summed E-state index contributed by atoms with van der Waals surface area (Å²) in [5, 5.41) is 6.74. The summed E-state index contributed by atoms with van der Waals surface area (Å²) in [7, 11) is -3.69. The summed E-state index contributed by atoms with van der Waals surface area (Å²) in [6, 6.07) is 20.3. The van der Waals surface area contributed by atoms with Crippen LogP contribution in [0.3, 0.4) is 0 Å². The number of fused-ring (bicyclic) bond motifs is 1. The third-order valence-corrected chi connectivity index (χ3v) is 8.16. The van der Waals surface area contributed by atoms with Gasteiger partial charge in [0.25, 0.3) is 0 Å². The van der Waals surface area contributed by atoms with E-state index < -0.39 is 10.0 Å². The van der Waals surface area contributed by atoms with Crippen LogP contribution in [-0.2, 0) is 23.0 Å². The summed E-state index contributed by atoms with van der Waals surface area (Å²) < 4.78 is 30.7. The highest BCUT2D eigenvalue weighted by Gasteiger charge is 2.21. The zero-order valence-electron chi connectivity index (χ0n) is 19.7. The highest BCUT2D eigenvalue weighted by atomic mass is 35.5. The van der Waals surface area contributed by atoms with Crippen LogP contribution < -0.4 is 9.62 Å². The number of benzene rings is 3. The maximum atomic E-state index is 13.1. The third-order valence-electron chi connectivity index (χ3n) is 5.99. The van der Waals surface area contributed by atoms with E-state index in [0.717, 1.165) is 40.9 Å². The molecule has 0 unspecified atom stereocenters. The van der Waals surface area contributed by atoms with Crippen LogP contribution in [0.25, 0.3) is 10.9 Å². The Balaban J connectivity index is 1.69. The van der Waals surface area contributed by atoms with Crippen molar-refractivity contribution in [3.63, 3.8) is 0 Å². The van der Waals surface area contributed by atoms with Crippen molar-refractivity contribution in [2.75, 3.05) is 24.5 Å². The molecule has 0 aliphatic heterocycles. The normalized spacial score (nSPS) is 11.8. The van der Waals surface area contributed by atoms with Crippen LogP contribution in [0.15, 0.2) is 71.6 Å². The van der Waals surface area contributed by atoms with Gasteiger partial charge in [0.05, 0.1) is 17.0 Å². The first-order valence-electron chi connectivity index (χ1n) is 11.6. The molecule has 6 nitrogen and oxygen atoms in total. The number of nitrogens with zero attached hydrogens (tertiary/aromatic N) is 3. The van der Waals surface area contributed by atoms with Gasteiger partial charge >= 0.3 is 0 Å². The van der Waals surface area contributed by atoms with Gasteiger partial charge in [-0.1, -0.05) is 59.6 Å². The van der Waals surface area contributed by atoms with Crippen molar-refractivity contribution < 1.29 is 8.42 Å². The molecule has 3 aromatic carbocycles. The fraction of sp³-hybridized carbons (Fsp3) is 0.269. The summed E-state index contributed by atoms with van der Waals surface area (Å²) in [6.07, 6.45) is 0.615. The molecule has 0 saturated heterocycles. The molecular weight excluding hydrogens is 503 g/mol.